The monoisotopic (exact) mass is 302 g/mol. The fourth-order valence-corrected chi connectivity index (χ4v) is 2.67. The van der Waals surface area contributed by atoms with Gasteiger partial charge in [0.1, 0.15) is 6.54 Å². The summed E-state index contributed by atoms with van der Waals surface area (Å²) in [6.45, 7) is -0.129. The minimum atomic E-state index is -3.40. The molecule has 0 atom stereocenters. The standard InChI is InChI=1S/C10H11BrN2O2S/c1-13(6-5-12)16(14,15)8-9-3-2-4-10(11)7-9/h2-4,7H,6,8H2,1H3. The number of benzene rings is 1. The Morgan fingerprint density at radius 2 is 2.19 bits per heavy atom. The van der Waals surface area contributed by atoms with Gasteiger partial charge < -0.3 is 0 Å². The molecule has 86 valence electrons. The van der Waals surface area contributed by atoms with Crippen molar-refractivity contribution in [2.24, 2.45) is 0 Å². The van der Waals surface area contributed by atoms with Crippen LogP contribution in [0.5, 0.6) is 0 Å². The maximum Gasteiger partial charge on any atom is 0.218 e. The van der Waals surface area contributed by atoms with E-state index in [4.69, 9.17) is 5.26 Å². The molecule has 0 spiro atoms. The molecule has 1 rings (SSSR count). The smallest absolute Gasteiger partial charge is 0.212 e. The van der Waals surface area contributed by atoms with E-state index in [9.17, 15) is 8.42 Å². The number of hydrogen-bond donors (Lipinski definition) is 0. The highest BCUT2D eigenvalue weighted by Gasteiger charge is 2.17. The second kappa shape index (κ2) is 5.43. The molecule has 0 N–H and O–H groups in total. The molecule has 4 nitrogen and oxygen atoms in total. The number of nitriles is 1. The SMILES string of the molecule is CN(CC#N)S(=O)(=O)Cc1cccc(Br)c1. The number of rotatable bonds is 4. The summed E-state index contributed by atoms with van der Waals surface area (Å²) in [5.74, 6) is -0.0926. The van der Waals surface area contributed by atoms with Gasteiger partial charge in [-0.2, -0.15) is 9.57 Å². The normalized spacial score (nSPS) is 11.4. The number of halogens is 1. The second-order valence-corrected chi connectivity index (χ2v) is 6.29. The predicted molar refractivity (Wildman–Crippen MR) is 65.0 cm³/mol. The molecule has 1 aromatic rings. The lowest BCUT2D eigenvalue weighted by molar-refractivity contribution is 0.500. The van der Waals surface area contributed by atoms with Gasteiger partial charge in [0.2, 0.25) is 10.0 Å². The van der Waals surface area contributed by atoms with Gasteiger partial charge in [0, 0.05) is 11.5 Å². The van der Waals surface area contributed by atoms with Gasteiger partial charge in [-0.3, -0.25) is 0 Å². The van der Waals surface area contributed by atoms with E-state index >= 15 is 0 Å². The van der Waals surface area contributed by atoms with Crippen LogP contribution >= 0.6 is 15.9 Å². The van der Waals surface area contributed by atoms with Gasteiger partial charge in [-0.25, -0.2) is 8.42 Å². The van der Waals surface area contributed by atoms with Crippen molar-refractivity contribution in [2.75, 3.05) is 13.6 Å². The van der Waals surface area contributed by atoms with Crippen molar-refractivity contribution in [2.45, 2.75) is 5.75 Å². The van der Waals surface area contributed by atoms with E-state index < -0.39 is 10.0 Å². The van der Waals surface area contributed by atoms with E-state index in [2.05, 4.69) is 15.9 Å². The van der Waals surface area contributed by atoms with Gasteiger partial charge in [0.05, 0.1) is 11.8 Å². The molecule has 0 radical (unpaired) electrons. The molecule has 6 heteroatoms. The van der Waals surface area contributed by atoms with Crippen molar-refractivity contribution < 1.29 is 8.42 Å². The molecule has 16 heavy (non-hydrogen) atoms. The Bertz CT molecular complexity index is 508. The van der Waals surface area contributed by atoms with Crippen LogP contribution in [0.1, 0.15) is 5.56 Å². The summed E-state index contributed by atoms with van der Waals surface area (Å²) >= 11 is 3.28. The highest BCUT2D eigenvalue weighted by Crippen LogP contribution is 2.15. The van der Waals surface area contributed by atoms with Gasteiger partial charge in [0.15, 0.2) is 0 Å². The van der Waals surface area contributed by atoms with Crippen LogP contribution in [-0.4, -0.2) is 26.3 Å². The summed E-state index contributed by atoms with van der Waals surface area (Å²) in [6.07, 6.45) is 0. The van der Waals surface area contributed by atoms with Gasteiger partial charge in [-0.05, 0) is 17.7 Å². The molecular weight excluding hydrogens is 292 g/mol. The zero-order valence-electron chi connectivity index (χ0n) is 8.72. The van der Waals surface area contributed by atoms with Crippen molar-refractivity contribution in [3.8, 4) is 6.07 Å². The van der Waals surface area contributed by atoms with Crippen molar-refractivity contribution in [1.29, 1.82) is 5.26 Å². The third-order valence-electron chi connectivity index (χ3n) is 2.01. The summed E-state index contributed by atoms with van der Waals surface area (Å²) in [4.78, 5) is 0. The van der Waals surface area contributed by atoms with E-state index in [1.807, 2.05) is 12.1 Å². The van der Waals surface area contributed by atoms with E-state index in [1.165, 1.54) is 7.05 Å². The molecule has 1 aromatic carbocycles. The van der Waals surface area contributed by atoms with Crippen LogP contribution in [0, 0.1) is 11.3 Å². The summed E-state index contributed by atoms with van der Waals surface area (Å²) < 4.78 is 25.4. The van der Waals surface area contributed by atoms with Crippen molar-refractivity contribution in [3.63, 3.8) is 0 Å². The molecule has 0 aliphatic rings. The van der Waals surface area contributed by atoms with Crippen LogP contribution in [0.2, 0.25) is 0 Å². The molecule has 0 aromatic heterocycles. The highest BCUT2D eigenvalue weighted by molar-refractivity contribution is 9.10. The zero-order chi connectivity index (χ0) is 12.2. The van der Waals surface area contributed by atoms with Crippen molar-refractivity contribution >= 4 is 26.0 Å². The lowest BCUT2D eigenvalue weighted by atomic mass is 10.2. The Labute approximate surface area is 104 Å². The molecule has 0 bridgehead atoms. The second-order valence-electron chi connectivity index (χ2n) is 3.30. The maximum atomic E-state index is 11.8. The summed E-state index contributed by atoms with van der Waals surface area (Å²) in [6, 6.07) is 8.90. The molecule has 0 aliphatic heterocycles. The van der Waals surface area contributed by atoms with Gasteiger partial charge in [-0.1, -0.05) is 28.1 Å². The summed E-state index contributed by atoms with van der Waals surface area (Å²) in [7, 11) is -2.00. The predicted octanol–water partition coefficient (Wildman–Crippen LogP) is 1.73. The molecule has 0 aliphatic carbocycles. The van der Waals surface area contributed by atoms with Crippen molar-refractivity contribution in [1.82, 2.24) is 4.31 Å². The third kappa shape index (κ3) is 3.59. The van der Waals surface area contributed by atoms with Gasteiger partial charge in [0.25, 0.3) is 0 Å². The van der Waals surface area contributed by atoms with E-state index in [0.717, 1.165) is 8.78 Å². The van der Waals surface area contributed by atoms with Gasteiger partial charge >= 0.3 is 0 Å². The average molecular weight is 303 g/mol. The Balaban J connectivity index is 2.85. The zero-order valence-corrected chi connectivity index (χ0v) is 11.1. The van der Waals surface area contributed by atoms with E-state index in [0.29, 0.717) is 5.56 Å². The minimum absolute atomic E-state index is 0.0926. The van der Waals surface area contributed by atoms with Crippen LogP contribution < -0.4 is 0 Å². The number of sulfonamides is 1. The Morgan fingerprint density at radius 3 is 2.75 bits per heavy atom. The average Bonchev–Trinajstić information content (AvgIpc) is 2.17. The topological polar surface area (TPSA) is 61.2 Å². The van der Waals surface area contributed by atoms with Crippen LogP contribution in [0.25, 0.3) is 0 Å². The van der Waals surface area contributed by atoms with Crippen molar-refractivity contribution in [3.05, 3.63) is 34.3 Å². The van der Waals surface area contributed by atoms with E-state index in [1.54, 1.807) is 18.2 Å². The lowest BCUT2D eigenvalue weighted by Crippen LogP contribution is -2.28. The largest absolute Gasteiger partial charge is 0.218 e. The first-order valence-electron chi connectivity index (χ1n) is 4.51. The quantitative estimate of drug-likeness (QED) is 0.796. The van der Waals surface area contributed by atoms with Crippen LogP contribution in [-0.2, 0) is 15.8 Å². The Kier molecular flexibility index (Phi) is 4.47. The van der Waals surface area contributed by atoms with Crippen LogP contribution in [0.15, 0.2) is 28.7 Å². The molecule has 0 fully saturated rings. The molecule has 0 unspecified atom stereocenters. The number of nitrogens with zero attached hydrogens (tertiary/aromatic N) is 2. The van der Waals surface area contributed by atoms with Gasteiger partial charge in [-0.15, -0.1) is 0 Å². The first kappa shape index (κ1) is 13.2. The maximum absolute atomic E-state index is 11.8. The Morgan fingerprint density at radius 1 is 1.50 bits per heavy atom. The molecule has 0 heterocycles. The number of hydrogen-bond acceptors (Lipinski definition) is 3. The molecule has 0 saturated heterocycles. The molecule has 0 saturated carbocycles. The third-order valence-corrected chi connectivity index (χ3v) is 4.28. The first-order chi connectivity index (χ1) is 7.45. The minimum Gasteiger partial charge on any atom is -0.212 e. The fourth-order valence-electron chi connectivity index (χ4n) is 1.15. The summed E-state index contributed by atoms with van der Waals surface area (Å²) in [5, 5.41) is 8.45. The molecule has 0 amide bonds. The highest BCUT2D eigenvalue weighted by atomic mass is 79.9. The first-order valence-corrected chi connectivity index (χ1v) is 6.91. The van der Waals surface area contributed by atoms with Crippen LogP contribution in [0.3, 0.4) is 0 Å². The summed E-state index contributed by atoms with van der Waals surface area (Å²) in [5.41, 5.74) is 0.694. The molecular formula is C10H11BrN2O2S. The Hall–Kier alpha value is -0.900. The fraction of sp³-hybridized carbons (Fsp3) is 0.300. The van der Waals surface area contributed by atoms with E-state index in [-0.39, 0.29) is 12.3 Å². The lowest BCUT2D eigenvalue weighted by Gasteiger charge is -2.13. The van der Waals surface area contributed by atoms with Crippen LogP contribution in [0.4, 0.5) is 0 Å².